The van der Waals surface area contributed by atoms with Crippen molar-refractivity contribution in [3.63, 3.8) is 0 Å². The minimum Gasteiger partial charge on any atom is -0.450 e. The molecular weight excluding hydrogens is 1560 g/mol. The molecule has 8 unspecified atom stereocenters. The van der Waals surface area contributed by atoms with Crippen molar-refractivity contribution in [2.75, 3.05) is 19.8 Å². The van der Waals surface area contributed by atoms with Crippen molar-refractivity contribution in [1.82, 2.24) is 0 Å². The predicted octanol–water partition coefficient (Wildman–Crippen LogP) is 27.6. The van der Waals surface area contributed by atoms with Crippen LogP contribution in [0.25, 0.3) is 10.8 Å². The van der Waals surface area contributed by atoms with Crippen LogP contribution < -0.4 is 40.7 Å². The average molecular weight is 1680 g/mol. The molecule has 112 heavy (non-hydrogen) atoms. The molecule has 10 rings (SSSR count). The van der Waals surface area contributed by atoms with E-state index in [4.69, 9.17) is 72.4 Å². The van der Waals surface area contributed by atoms with Crippen LogP contribution in [0.1, 0.15) is 172 Å². The first-order chi connectivity index (χ1) is 54.0. The van der Waals surface area contributed by atoms with E-state index < -0.39 is 0 Å². The zero-order chi connectivity index (χ0) is 80.4. The van der Waals surface area contributed by atoms with E-state index in [-0.39, 0.29) is 95.3 Å². The smallest absolute Gasteiger partial charge is 0.275 e. The van der Waals surface area contributed by atoms with Gasteiger partial charge in [0, 0.05) is 16.5 Å². The number of hydrogen-bond acceptors (Lipinski definition) is 16. The van der Waals surface area contributed by atoms with Gasteiger partial charge < -0.3 is 72.4 Å². The lowest BCUT2D eigenvalue weighted by Gasteiger charge is -2.22. The number of benzene rings is 10. The second kappa shape index (κ2) is 51.7. The molecule has 16 nitrogen and oxygen atoms in total. The Morgan fingerprint density at radius 3 is 1.23 bits per heavy atom. The molecule has 0 amide bonds. The molecule has 0 aromatic heterocycles. The van der Waals surface area contributed by atoms with E-state index >= 15 is 0 Å². The summed E-state index contributed by atoms with van der Waals surface area (Å²) in [4.78, 5) is 0. The van der Waals surface area contributed by atoms with Crippen LogP contribution in [0.4, 0.5) is 0 Å². The van der Waals surface area contributed by atoms with Crippen LogP contribution in [0.3, 0.4) is 0 Å². The maximum atomic E-state index is 6.01. The maximum Gasteiger partial charge on any atom is 0.275 e. The van der Waals surface area contributed by atoms with Gasteiger partial charge >= 0.3 is 0 Å². The molecule has 0 heterocycles. The molecule has 0 spiro atoms. The third-order valence-corrected chi connectivity index (χ3v) is 21.6. The Kier molecular flexibility index (Phi) is 42.9. The van der Waals surface area contributed by atoms with E-state index in [1.165, 1.54) is 33.4 Å². The van der Waals surface area contributed by atoms with Crippen molar-refractivity contribution in [3.8, 4) is 51.7 Å². The van der Waals surface area contributed by atoms with E-state index in [0.29, 0.717) is 44.9 Å². The molecule has 0 saturated carbocycles. The molecule has 0 radical (unpaired) electrons. The van der Waals surface area contributed by atoms with Crippen LogP contribution in [-0.2, 0) is 62.1 Å². The zero-order valence-electron chi connectivity index (χ0n) is 67.4. The second-order valence-electron chi connectivity index (χ2n) is 29.0. The van der Waals surface area contributed by atoms with E-state index in [1.807, 2.05) is 191 Å². The molecule has 602 valence electrons. The largest absolute Gasteiger partial charge is 0.450 e. The van der Waals surface area contributed by atoms with Crippen molar-refractivity contribution in [1.29, 1.82) is 0 Å². The highest BCUT2D eigenvalue weighted by Crippen LogP contribution is 2.41. The molecule has 0 aliphatic rings. The summed E-state index contributed by atoms with van der Waals surface area (Å²) in [6.45, 7) is 36.6. The lowest BCUT2D eigenvalue weighted by atomic mass is 9.86. The quantitative estimate of drug-likeness (QED) is 0.0264. The van der Waals surface area contributed by atoms with E-state index in [9.17, 15) is 0 Å². The Labute approximate surface area is 681 Å². The van der Waals surface area contributed by atoms with Gasteiger partial charge in [0.1, 0.15) is 51.7 Å². The summed E-state index contributed by atoms with van der Waals surface area (Å²) in [6.07, 6.45) is 2.92. The van der Waals surface area contributed by atoms with Crippen molar-refractivity contribution in [3.05, 3.63) is 281 Å². The van der Waals surface area contributed by atoms with Gasteiger partial charge in [-0.2, -0.15) is 0 Å². The summed E-state index contributed by atoms with van der Waals surface area (Å²) in [5.41, 5.74) is 10.3. The first-order valence-corrected chi connectivity index (χ1v) is 44.2. The molecule has 10 aromatic carbocycles. The summed E-state index contributed by atoms with van der Waals surface area (Å²) in [6, 6.07) is 76.3. The normalized spacial score (nSPS) is 12.1. The second-order valence-corrected chi connectivity index (χ2v) is 34.1. The van der Waals surface area contributed by atoms with Gasteiger partial charge in [-0.05, 0) is 188 Å². The Morgan fingerprint density at radius 2 is 0.696 bits per heavy atom. The number of para-hydroxylation sites is 6. The first kappa shape index (κ1) is 93.0. The molecule has 8 atom stereocenters. The fraction of sp³-hybridized carbons (Fsp3) is 0.341. The Morgan fingerprint density at radius 1 is 0.304 bits per heavy atom. The maximum absolute atomic E-state index is 6.01. The first-order valence-electron chi connectivity index (χ1n) is 37.6. The Hall–Kier alpha value is -6.18. The molecule has 24 heteroatoms. The number of rotatable bonds is 41. The fourth-order valence-corrected chi connectivity index (χ4v) is 14.8. The van der Waals surface area contributed by atoms with Gasteiger partial charge in [0.25, 0.3) is 18.1 Å². The summed E-state index contributed by atoms with van der Waals surface area (Å²) in [5, 5.41) is 2.21. The number of aryl methyl sites for hydroxylation is 2. The van der Waals surface area contributed by atoms with Crippen molar-refractivity contribution in [2.24, 2.45) is 0 Å². The SMILES string of the molecule is CC(C)(C)c1ccccc1OPOCCCCOPOc1ccccc1C(C)(C)C.CC(C)OPOCc1ccc2ccccc2c1OPOC(C)C.Cc1ccc(C(C)C)c(OPOCc2ccccc2OPOc2cc(C)ccc2C(C)C)c1.c1ccc(OPOCCc2ccccc2OPOc2ccccc2)cc1. The van der Waals surface area contributed by atoms with Gasteiger partial charge in [-0.3, -0.25) is 0 Å². The highest BCUT2D eigenvalue weighted by Gasteiger charge is 2.21. The predicted molar refractivity (Wildman–Crippen MR) is 476 cm³/mol. The van der Waals surface area contributed by atoms with Crippen LogP contribution in [0.2, 0.25) is 0 Å². The molecule has 0 fully saturated rings. The van der Waals surface area contributed by atoms with Gasteiger partial charge in [0.15, 0.2) is 9.03 Å². The number of fused-ring (bicyclic) bond motifs is 1. The molecule has 0 N–H and O–H groups in total. The lowest BCUT2D eigenvalue weighted by molar-refractivity contribution is 0.215. The monoisotopic (exact) mass is 1670 g/mol. The molecule has 0 aliphatic heterocycles. The molecule has 0 bridgehead atoms. The van der Waals surface area contributed by atoms with Gasteiger partial charge in [0.2, 0.25) is 45.2 Å². The Bertz CT molecular complexity index is 4210. The molecule has 10 aromatic rings. The minimum absolute atomic E-state index is 0.00760. The van der Waals surface area contributed by atoms with E-state index in [1.54, 1.807) is 0 Å². The lowest BCUT2D eigenvalue weighted by Crippen LogP contribution is -2.12. The fourth-order valence-electron chi connectivity index (χ4n) is 10.5. The number of unbranched alkanes of at least 4 members (excludes halogenated alkanes) is 1. The minimum atomic E-state index is -0.139. The van der Waals surface area contributed by atoms with Crippen LogP contribution in [-0.4, -0.2) is 32.0 Å². The summed E-state index contributed by atoms with van der Waals surface area (Å²) in [5.74, 6) is 8.38. The number of hydrogen-bond donors (Lipinski definition) is 0. The molecular formula is C88H114O16P8. The van der Waals surface area contributed by atoms with Gasteiger partial charge in [0.05, 0.1) is 45.2 Å². The van der Waals surface area contributed by atoms with Crippen LogP contribution in [0.5, 0.6) is 51.7 Å². The highest BCUT2D eigenvalue weighted by molar-refractivity contribution is 7.28. The average Bonchev–Trinajstić information content (AvgIpc) is 0.784. The van der Waals surface area contributed by atoms with Gasteiger partial charge in [-0.15, -0.1) is 0 Å². The summed E-state index contributed by atoms with van der Waals surface area (Å²) in [7, 11) is -0.343. The standard InChI is InChI=1S/C27H34O4P2.C24H36O4P2.C20H20O4P2.C17H24O4P2/c1-18(2)23-13-11-20(5)15-26(23)30-32-28-17-22-9-7-8-10-25(22)29-33-31-27-16-21(6)12-14-24(27)19(3)4;1-23(2,3)19-13-7-9-15-21(19)27-29-25-17-11-12-18-26-30-28-22-16-10-8-14-20(22)24(4,5)6;1-3-10-18(11-4-1)22-25-21-16-15-17-9-7-8-14-20(17)24-26-23-19-12-5-2-6-13-19;1-12(2)19-22-18-11-15-10-9-14-7-5-6-8-16(14)17(15)21-23-20-13(3)4/h7-16,18-19,32-33H,17H2,1-6H3;7-10,13-16,29-30H,11-12,17-18H2,1-6H3;1-14,25-26H,15-16H2;5-10,12-13,22-23H,11H2,1-4H3. The Balaban J connectivity index is 0.000000209. The third-order valence-electron chi connectivity index (χ3n) is 16.3. The summed E-state index contributed by atoms with van der Waals surface area (Å²) >= 11 is 0. The van der Waals surface area contributed by atoms with Gasteiger partial charge in [-0.25, -0.2) is 0 Å². The zero-order valence-corrected chi connectivity index (χ0v) is 75.4. The highest BCUT2D eigenvalue weighted by atomic mass is 31.1. The van der Waals surface area contributed by atoms with Crippen molar-refractivity contribution in [2.45, 2.75) is 178 Å². The van der Waals surface area contributed by atoms with Crippen molar-refractivity contribution < 1.29 is 72.4 Å². The molecule has 0 aliphatic carbocycles. The van der Waals surface area contributed by atoms with E-state index in [2.05, 4.69) is 150 Å². The van der Waals surface area contributed by atoms with Gasteiger partial charge in [-0.1, -0.05) is 239 Å². The topological polar surface area (TPSA) is 148 Å². The van der Waals surface area contributed by atoms with Crippen LogP contribution in [0, 0.1) is 13.8 Å². The third kappa shape index (κ3) is 35.1. The van der Waals surface area contributed by atoms with Crippen molar-refractivity contribution >= 4 is 83.0 Å². The molecule has 0 saturated heterocycles. The summed E-state index contributed by atoms with van der Waals surface area (Å²) < 4.78 is 91.9. The van der Waals surface area contributed by atoms with Crippen LogP contribution >= 0.6 is 72.3 Å². The van der Waals surface area contributed by atoms with E-state index in [0.717, 1.165) is 98.5 Å². The van der Waals surface area contributed by atoms with Crippen LogP contribution in [0.15, 0.2) is 231 Å².